The molecular formula is C18H22N4O4. The van der Waals surface area contributed by atoms with Crippen LogP contribution in [0, 0.1) is 6.92 Å². The standard InChI is InChI=1S/C18H22N4O4/c1-3-22(10-14-19-16(26-21-14)12-7-8-12)18(25)20-15(17(23)24)13-6-4-5-11(2)9-13/h4-6,9,12,15H,3,7-8,10H2,1-2H3,(H,20,25)(H,23,24)/t15-/m0/s1. The Bertz CT molecular complexity index is 800. The molecule has 1 aromatic heterocycles. The largest absolute Gasteiger partial charge is 0.479 e. The molecule has 8 nitrogen and oxygen atoms in total. The molecule has 0 unspecified atom stereocenters. The first-order valence-corrected chi connectivity index (χ1v) is 8.65. The number of rotatable bonds is 7. The fraction of sp³-hybridized carbons (Fsp3) is 0.444. The maximum absolute atomic E-state index is 12.6. The van der Waals surface area contributed by atoms with Crippen molar-refractivity contribution in [3.05, 3.63) is 47.1 Å². The van der Waals surface area contributed by atoms with Gasteiger partial charge in [0.2, 0.25) is 5.89 Å². The number of amides is 2. The van der Waals surface area contributed by atoms with Gasteiger partial charge in [-0.05, 0) is 32.3 Å². The number of carbonyl (C=O) groups excluding carboxylic acids is 1. The van der Waals surface area contributed by atoms with E-state index in [1.165, 1.54) is 4.90 Å². The minimum absolute atomic E-state index is 0.165. The number of nitrogens with zero attached hydrogens (tertiary/aromatic N) is 3. The van der Waals surface area contributed by atoms with E-state index in [0.717, 1.165) is 18.4 Å². The summed E-state index contributed by atoms with van der Waals surface area (Å²) in [6, 6.07) is 5.46. The summed E-state index contributed by atoms with van der Waals surface area (Å²) in [5.74, 6) is 0.263. The predicted octanol–water partition coefficient (Wildman–Crippen LogP) is 2.61. The van der Waals surface area contributed by atoms with Crippen LogP contribution in [-0.4, -0.2) is 38.7 Å². The van der Waals surface area contributed by atoms with Crippen LogP contribution in [0.2, 0.25) is 0 Å². The second-order valence-corrected chi connectivity index (χ2v) is 6.47. The van der Waals surface area contributed by atoms with E-state index in [0.29, 0.717) is 29.7 Å². The summed E-state index contributed by atoms with van der Waals surface area (Å²) in [6.45, 7) is 4.23. The van der Waals surface area contributed by atoms with Crippen LogP contribution in [-0.2, 0) is 11.3 Å². The SMILES string of the molecule is CCN(Cc1noc(C2CC2)n1)C(=O)N[C@H](C(=O)O)c1cccc(C)c1. The van der Waals surface area contributed by atoms with Gasteiger partial charge in [0.15, 0.2) is 11.9 Å². The van der Waals surface area contributed by atoms with Crippen molar-refractivity contribution in [1.82, 2.24) is 20.4 Å². The minimum atomic E-state index is -1.12. The van der Waals surface area contributed by atoms with Crippen LogP contribution in [0.4, 0.5) is 4.79 Å². The van der Waals surface area contributed by atoms with Crippen molar-refractivity contribution >= 4 is 12.0 Å². The van der Waals surface area contributed by atoms with Crippen molar-refractivity contribution in [2.75, 3.05) is 6.54 Å². The molecule has 3 rings (SSSR count). The molecule has 0 bridgehead atoms. The molecule has 2 N–H and O–H groups in total. The summed E-state index contributed by atoms with van der Waals surface area (Å²) in [5.41, 5.74) is 1.45. The van der Waals surface area contributed by atoms with Crippen LogP contribution < -0.4 is 5.32 Å². The highest BCUT2D eigenvalue weighted by atomic mass is 16.5. The predicted molar refractivity (Wildman–Crippen MR) is 92.4 cm³/mol. The Morgan fingerprint density at radius 3 is 2.81 bits per heavy atom. The Morgan fingerprint density at radius 2 is 2.19 bits per heavy atom. The van der Waals surface area contributed by atoms with Crippen LogP contribution in [0.3, 0.4) is 0 Å². The van der Waals surface area contributed by atoms with E-state index < -0.39 is 18.0 Å². The Labute approximate surface area is 151 Å². The number of aliphatic carboxylic acids is 1. The Morgan fingerprint density at radius 1 is 1.42 bits per heavy atom. The first kappa shape index (κ1) is 17.9. The van der Waals surface area contributed by atoms with Crippen molar-refractivity contribution in [3.63, 3.8) is 0 Å². The number of benzene rings is 1. The first-order chi connectivity index (χ1) is 12.5. The normalized spacial score (nSPS) is 14.7. The van der Waals surface area contributed by atoms with E-state index in [-0.39, 0.29) is 6.54 Å². The fourth-order valence-corrected chi connectivity index (χ4v) is 2.68. The number of urea groups is 1. The summed E-state index contributed by atoms with van der Waals surface area (Å²) in [4.78, 5) is 30.0. The Kier molecular flexibility index (Phi) is 5.20. The van der Waals surface area contributed by atoms with Crippen molar-refractivity contribution in [1.29, 1.82) is 0 Å². The van der Waals surface area contributed by atoms with Gasteiger partial charge in [0.05, 0.1) is 6.54 Å². The van der Waals surface area contributed by atoms with Gasteiger partial charge in [-0.25, -0.2) is 9.59 Å². The molecule has 0 aliphatic heterocycles. The average molecular weight is 358 g/mol. The number of nitrogens with one attached hydrogen (secondary N) is 1. The van der Waals surface area contributed by atoms with Crippen LogP contribution in [0.15, 0.2) is 28.8 Å². The molecule has 1 fully saturated rings. The highest BCUT2D eigenvalue weighted by Crippen LogP contribution is 2.38. The van der Waals surface area contributed by atoms with Crippen LogP contribution >= 0.6 is 0 Å². The van der Waals surface area contributed by atoms with E-state index in [4.69, 9.17) is 4.52 Å². The van der Waals surface area contributed by atoms with Gasteiger partial charge < -0.3 is 19.8 Å². The van der Waals surface area contributed by atoms with E-state index >= 15 is 0 Å². The van der Waals surface area contributed by atoms with E-state index in [1.807, 2.05) is 19.9 Å². The second kappa shape index (κ2) is 7.55. The third kappa shape index (κ3) is 4.19. The third-order valence-electron chi connectivity index (χ3n) is 4.30. The lowest BCUT2D eigenvalue weighted by Crippen LogP contribution is -2.43. The van der Waals surface area contributed by atoms with E-state index in [1.54, 1.807) is 18.2 Å². The zero-order valence-corrected chi connectivity index (χ0v) is 14.8. The molecular weight excluding hydrogens is 336 g/mol. The highest BCUT2D eigenvalue weighted by Gasteiger charge is 2.30. The molecule has 1 atom stereocenters. The Hall–Kier alpha value is -2.90. The molecule has 2 amide bonds. The molecule has 1 saturated carbocycles. The molecule has 0 saturated heterocycles. The van der Waals surface area contributed by atoms with Gasteiger partial charge in [-0.2, -0.15) is 4.98 Å². The lowest BCUT2D eigenvalue weighted by molar-refractivity contribution is -0.139. The topological polar surface area (TPSA) is 109 Å². The molecule has 1 aliphatic carbocycles. The van der Waals surface area contributed by atoms with Gasteiger partial charge in [0, 0.05) is 12.5 Å². The van der Waals surface area contributed by atoms with Gasteiger partial charge in [-0.1, -0.05) is 35.0 Å². The number of aryl methyl sites for hydroxylation is 1. The highest BCUT2D eigenvalue weighted by molar-refractivity contribution is 5.83. The monoisotopic (exact) mass is 358 g/mol. The first-order valence-electron chi connectivity index (χ1n) is 8.65. The van der Waals surface area contributed by atoms with Gasteiger partial charge in [0.25, 0.3) is 0 Å². The molecule has 1 aromatic carbocycles. The number of carboxylic acids is 1. The summed E-state index contributed by atoms with van der Waals surface area (Å²) in [6.07, 6.45) is 2.10. The summed E-state index contributed by atoms with van der Waals surface area (Å²) < 4.78 is 5.20. The fourth-order valence-electron chi connectivity index (χ4n) is 2.68. The number of hydrogen-bond acceptors (Lipinski definition) is 5. The quantitative estimate of drug-likeness (QED) is 0.787. The molecule has 2 aromatic rings. The van der Waals surface area contributed by atoms with Crippen LogP contribution in [0.25, 0.3) is 0 Å². The van der Waals surface area contributed by atoms with E-state index in [2.05, 4.69) is 15.5 Å². The molecule has 0 radical (unpaired) electrons. The van der Waals surface area contributed by atoms with Gasteiger partial charge in [0.1, 0.15) is 0 Å². The maximum Gasteiger partial charge on any atom is 0.330 e. The van der Waals surface area contributed by atoms with Crippen molar-refractivity contribution < 1.29 is 19.2 Å². The van der Waals surface area contributed by atoms with Crippen molar-refractivity contribution in [2.45, 2.75) is 45.2 Å². The molecule has 138 valence electrons. The lowest BCUT2D eigenvalue weighted by atomic mass is 10.0. The molecule has 0 spiro atoms. The third-order valence-corrected chi connectivity index (χ3v) is 4.30. The number of aromatic nitrogens is 2. The summed E-state index contributed by atoms with van der Waals surface area (Å²) in [7, 11) is 0. The molecule has 8 heteroatoms. The smallest absolute Gasteiger partial charge is 0.330 e. The van der Waals surface area contributed by atoms with Gasteiger partial charge in [-0.3, -0.25) is 0 Å². The zero-order chi connectivity index (χ0) is 18.7. The van der Waals surface area contributed by atoms with Gasteiger partial charge in [-0.15, -0.1) is 0 Å². The zero-order valence-electron chi connectivity index (χ0n) is 14.8. The maximum atomic E-state index is 12.6. The Balaban J connectivity index is 1.68. The van der Waals surface area contributed by atoms with Crippen molar-refractivity contribution in [3.8, 4) is 0 Å². The summed E-state index contributed by atoms with van der Waals surface area (Å²) in [5, 5.41) is 16.0. The number of hydrogen-bond donors (Lipinski definition) is 2. The molecule has 1 heterocycles. The lowest BCUT2D eigenvalue weighted by Gasteiger charge is -2.23. The minimum Gasteiger partial charge on any atom is -0.479 e. The van der Waals surface area contributed by atoms with Crippen LogP contribution in [0.5, 0.6) is 0 Å². The summed E-state index contributed by atoms with van der Waals surface area (Å²) >= 11 is 0. The number of carbonyl (C=O) groups is 2. The van der Waals surface area contributed by atoms with E-state index in [9.17, 15) is 14.7 Å². The van der Waals surface area contributed by atoms with Crippen molar-refractivity contribution in [2.24, 2.45) is 0 Å². The average Bonchev–Trinajstić information content (AvgIpc) is 3.36. The van der Waals surface area contributed by atoms with Crippen LogP contribution in [0.1, 0.15) is 54.6 Å². The van der Waals surface area contributed by atoms with Gasteiger partial charge >= 0.3 is 12.0 Å². The molecule has 26 heavy (non-hydrogen) atoms. The molecule has 1 aliphatic rings. The second-order valence-electron chi connectivity index (χ2n) is 6.47. The number of carboxylic acid groups (broad SMARTS) is 1.